The van der Waals surface area contributed by atoms with E-state index in [1.54, 1.807) is 38.2 Å². The Bertz CT molecular complexity index is 1060. The number of ketones is 1. The number of aromatic nitrogens is 2. The number of Topliss-reactive ketones (excluding diaryl/α,β-unsaturated/α-hetero) is 1. The number of hydrogen-bond donors (Lipinski definition) is 3. The number of epoxide rings is 1. The SMILES string of the molecule is Cc1cc(C(=O)N[C@@H](Cc2ccccn2)C(=O)NCC(=O)N[C@@H](CC(C)C)C(=O)[C@@]2(C)CO2)no1. The summed E-state index contributed by atoms with van der Waals surface area (Å²) < 4.78 is 10.2. The lowest BCUT2D eigenvalue weighted by Crippen LogP contribution is -2.52. The zero-order valence-electron chi connectivity index (χ0n) is 20.3. The molecule has 1 aliphatic rings. The molecule has 1 aliphatic heterocycles. The van der Waals surface area contributed by atoms with E-state index < -0.39 is 35.4 Å². The molecular weight excluding hydrogens is 454 g/mol. The van der Waals surface area contributed by atoms with Gasteiger partial charge in [0.15, 0.2) is 11.5 Å². The molecule has 0 aliphatic carbocycles. The van der Waals surface area contributed by atoms with Crippen molar-refractivity contribution in [2.24, 2.45) is 5.92 Å². The third-order valence-corrected chi connectivity index (χ3v) is 5.50. The highest BCUT2D eigenvalue weighted by Gasteiger charge is 2.50. The van der Waals surface area contributed by atoms with Crippen LogP contribution in [0, 0.1) is 12.8 Å². The first kappa shape index (κ1) is 26.0. The maximum atomic E-state index is 12.9. The number of hydrogen-bond acceptors (Lipinski definition) is 8. The maximum absolute atomic E-state index is 12.9. The molecule has 11 heteroatoms. The number of ether oxygens (including phenoxy) is 1. The predicted molar refractivity (Wildman–Crippen MR) is 124 cm³/mol. The van der Waals surface area contributed by atoms with Crippen LogP contribution in [0.15, 0.2) is 35.0 Å². The van der Waals surface area contributed by atoms with Crippen molar-refractivity contribution >= 4 is 23.5 Å². The summed E-state index contributed by atoms with van der Waals surface area (Å²) in [5.74, 6) is -1.26. The monoisotopic (exact) mass is 485 g/mol. The first-order valence-electron chi connectivity index (χ1n) is 11.5. The fourth-order valence-electron chi connectivity index (χ4n) is 3.50. The Labute approximate surface area is 203 Å². The summed E-state index contributed by atoms with van der Waals surface area (Å²) in [6.07, 6.45) is 2.13. The Morgan fingerprint density at radius 1 is 1.14 bits per heavy atom. The number of carbonyl (C=O) groups is 4. The van der Waals surface area contributed by atoms with Gasteiger partial charge in [0.25, 0.3) is 5.91 Å². The second-order valence-corrected chi connectivity index (χ2v) is 9.23. The average molecular weight is 486 g/mol. The highest BCUT2D eigenvalue weighted by Crippen LogP contribution is 2.29. The van der Waals surface area contributed by atoms with Gasteiger partial charge in [0.1, 0.15) is 17.4 Å². The molecule has 188 valence electrons. The van der Waals surface area contributed by atoms with Crippen LogP contribution in [-0.4, -0.2) is 64.5 Å². The minimum atomic E-state index is -1.02. The number of rotatable bonds is 12. The van der Waals surface area contributed by atoms with Crippen molar-refractivity contribution in [2.75, 3.05) is 13.2 Å². The van der Waals surface area contributed by atoms with Crippen LogP contribution in [0.25, 0.3) is 0 Å². The molecule has 0 aromatic carbocycles. The van der Waals surface area contributed by atoms with Gasteiger partial charge in [-0.1, -0.05) is 25.1 Å². The maximum Gasteiger partial charge on any atom is 0.274 e. The lowest BCUT2D eigenvalue weighted by atomic mass is 9.93. The first-order valence-corrected chi connectivity index (χ1v) is 11.5. The third kappa shape index (κ3) is 7.44. The van der Waals surface area contributed by atoms with Crippen molar-refractivity contribution in [3.63, 3.8) is 0 Å². The van der Waals surface area contributed by atoms with Crippen LogP contribution < -0.4 is 16.0 Å². The first-order chi connectivity index (χ1) is 16.6. The van der Waals surface area contributed by atoms with E-state index in [0.29, 0.717) is 24.5 Å². The quantitative estimate of drug-likeness (QED) is 0.372. The molecule has 0 spiro atoms. The highest BCUT2D eigenvalue weighted by atomic mass is 16.6. The molecule has 11 nitrogen and oxygen atoms in total. The Morgan fingerprint density at radius 2 is 1.89 bits per heavy atom. The summed E-state index contributed by atoms with van der Waals surface area (Å²) >= 11 is 0. The molecule has 3 heterocycles. The molecule has 3 atom stereocenters. The lowest BCUT2D eigenvalue weighted by molar-refractivity contribution is -0.131. The van der Waals surface area contributed by atoms with E-state index in [1.165, 1.54) is 6.07 Å². The Hall–Kier alpha value is -3.60. The van der Waals surface area contributed by atoms with Gasteiger partial charge in [-0.2, -0.15) is 0 Å². The number of amides is 3. The van der Waals surface area contributed by atoms with Gasteiger partial charge in [-0.05, 0) is 38.3 Å². The molecule has 3 amide bonds. The smallest absolute Gasteiger partial charge is 0.274 e. The molecule has 1 saturated heterocycles. The molecule has 0 saturated carbocycles. The van der Waals surface area contributed by atoms with Crippen LogP contribution in [-0.2, 0) is 25.5 Å². The van der Waals surface area contributed by atoms with Crippen LogP contribution in [0.1, 0.15) is 49.1 Å². The van der Waals surface area contributed by atoms with Crippen LogP contribution >= 0.6 is 0 Å². The highest BCUT2D eigenvalue weighted by molar-refractivity contribution is 5.98. The van der Waals surface area contributed by atoms with Crippen LogP contribution in [0.4, 0.5) is 0 Å². The van der Waals surface area contributed by atoms with Crippen LogP contribution in [0.3, 0.4) is 0 Å². The van der Waals surface area contributed by atoms with Gasteiger partial charge >= 0.3 is 0 Å². The minimum absolute atomic E-state index is 0.0323. The molecule has 0 unspecified atom stereocenters. The average Bonchev–Trinajstić information content (AvgIpc) is 3.42. The molecule has 1 fully saturated rings. The van der Waals surface area contributed by atoms with Gasteiger partial charge in [-0.3, -0.25) is 24.2 Å². The van der Waals surface area contributed by atoms with Gasteiger partial charge in [0.05, 0.1) is 19.2 Å². The minimum Gasteiger partial charge on any atom is -0.361 e. The van der Waals surface area contributed by atoms with E-state index in [4.69, 9.17) is 9.26 Å². The second kappa shape index (κ2) is 11.2. The van der Waals surface area contributed by atoms with Gasteiger partial charge in [-0.25, -0.2) is 0 Å². The van der Waals surface area contributed by atoms with Crippen molar-refractivity contribution in [1.29, 1.82) is 0 Å². The summed E-state index contributed by atoms with van der Waals surface area (Å²) in [5.41, 5.74) is -0.257. The van der Waals surface area contributed by atoms with Gasteiger partial charge in [0, 0.05) is 24.4 Å². The Morgan fingerprint density at radius 3 is 2.46 bits per heavy atom. The summed E-state index contributed by atoms with van der Waals surface area (Å²) in [7, 11) is 0. The lowest BCUT2D eigenvalue weighted by Gasteiger charge is -2.22. The molecular formula is C24H31N5O6. The molecule has 3 N–H and O–H groups in total. The van der Waals surface area contributed by atoms with E-state index in [0.717, 1.165) is 0 Å². The van der Waals surface area contributed by atoms with Crippen molar-refractivity contribution < 1.29 is 28.4 Å². The zero-order chi connectivity index (χ0) is 25.6. The predicted octanol–water partition coefficient (Wildman–Crippen LogP) is 0.724. The number of carbonyl (C=O) groups excluding carboxylic acids is 4. The second-order valence-electron chi connectivity index (χ2n) is 9.23. The fraction of sp³-hybridized carbons (Fsp3) is 0.500. The number of pyridine rings is 1. The summed E-state index contributed by atoms with van der Waals surface area (Å²) in [6.45, 7) is 7.20. The number of nitrogens with zero attached hydrogens (tertiary/aromatic N) is 2. The van der Waals surface area contributed by atoms with Crippen LogP contribution in [0.5, 0.6) is 0 Å². The summed E-state index contributed by atoms with van der Waals surface area (Å²) in [5, 5.41) is 11.5. The van der Waals surface area contributed by atoms with E-state index in [9.17, 15) is 19.2 Å². The standard InChI is InChI=1S/C24H31N5O6/c1-14(2)9-17(21(31)24(4)13-34-24)27-20(30)12-26-22(32)18(11-16-7-5-6-8-25-16)28-23(33)19-10-15(3)35-29-19/h5-8,10,14,17-18H,9,11-13H2,1-4H3,(H,26,32)(H,27,30)(H,28,33)/t17-,18-,24+/m0/s1. The van der Waals surface area contributed by atoms with Gasteiger partial charge in [-0.15, -0.1) is 0 Å². The fourth-order valence-corrected chi connectivity index (χ4v) is 3.50. The molecule has 0 bridgehead atoms. The van der Waals surface area contributed by atoms with E-state index in [-0.39, 0.29) is 30.4 Å². The van der Waals surface area contributed by atoms with Gasteiger partial charge in [0.2, 0.25) is 11.8 Å². The summed E-state index contributed by atoms with van der Waals surface area (Å²) in [6, 6.07) is 4.95. The molecule has 0 radical (unpaired) electrons. The number of aryl methyl sites for hydroxylation is 1. The summed E-state index contributed by atoms with van der Waals surface area (Å²) in [4.78, 5) is 55.0. The largest absolute Gasteiger partial charge is 0.361 e. The van der Waals surface area contributed by atoms with Crippen molar-refractivity contribution in [3.8, 4) is 0 Å². The molecule has 2 aromatic heterocycles. The Kier molecular flexibility index (Phi) is 8.34. The molecule has 3 rings (SSSR count). The number of nitrogens with one attached hydrogen (secondary N) is 3. The molecule has 35 heavy (non-hydrogen) atoms. The topological polar surface area (TPSA) is 156 Å². The van der Waals surface area contributed by atoms with Crippen LogP contribution in [0.2, 0.25) is 0 Å². The van der Waals surface area contributed by atoms with Gasteiger partial charge < -0.3 is 25.2 Å². The van der Waals surface area contributed by atoms with Crippen molar-refractivity contribution in [2.45, 2.75) is 58.2 Å². The van der Waals surface area contributed by atoms with Crippen molar-refractivity contribution in [1.82, 2.24) is 26.1 Å². The van der Waals surface area contributed by atoms with Crippen molar-refractivity contribution in [3.05, 3.63) is 47.6 Å². The third-order valence-electron chi connectivity index (χ3n) is 5.50. The van der Waals surface area contributed by atoms with E-state index in [1.807, 2.05) is 13.8 Å². The molecule has 2 aromatic rings. The zero-order valence-corrected chi connectivity index (χ0v) is 20.3. The normalized spacial score (nSPS) is 18.4. The Balaban J connectivity index is 1.62. The van der Waals surface area contributed by atoms with E-state index >= 15 is 0 Å². The van der Waals surface area contributed by atoms with E-state index in [2.05, 4.69) is 26.1 Å².